The van der Waals surface area contributed by atoms with Gasteiger partial charge < -0.3 is 9.47 Å². The van der Waals surface area contributed by atoms with E-state index in [0.717, 1.165) is 15.9 Å². The number of amides is 1. The van der Waals surface area contributed by atoms with Crippen LogP contribution in [0.3, 0.4) is 0 Å². The minimum Gasteiger partial charge on any atom is -0.359 e. The Bertz CT molecular complexity index is 137. The lowest BCUT2D eigenvalue weighted by atomic mass is 10.5. The quantitative estimate of drug-likeness (QED) is 0.152. The lowest BCUT2D eigenvalue weighted by molar-refractivity contribution is -0.238. The predicted molar refractivity (Wildman–Crippen MR) is 59.8 cm³/mol. The van der Waals surface area contributed by atoms with Crippen LogP contribution in [-0.4, -0.2) is 42.6 Å². The first-order valence-corrected chi connectivity index (χ1v) is 5.94. The van der Waals surface area contributed by atoms with E-state index in [0.29, 0.717) is 19.6 Å². The highest BCUT2D eigenvalue weighted by Gasteiger charge is 2.00. The highest BCUT2D eigenvalue weighted by molar-refractivity contribution is 14.1. The van der Waals surface area contributed by atoms with Gasteiger partial charge in [0.1, 0.15) is 6.73 Å². The van der Waals surface area contributed by atoms with Crippen LogP contribution in [0.5, 0.6) is 0 Å². The van der Waals surface area contributed by atoms with Crippen molar-refractivity contribution in [3.8, 4) is 0 Å². The highest BCUT2D eigenvalue weighted by Crippen LogP contribution is 1.90. The second-order valence-electron chi connectivity index (χ2n) is 2.40. The van der Waals surface area contributed by atoms with Crippen molar-refractivity contribution >= 4 is 29.0 Å². The lowest BCUT2D eigenvalue weighted by Gasteiger charge is -2.16. The van der Waals surface area contributed by atoms with Gasteiger partial charge >= 0.3 is 0 Å². The maximum atomic E-state index is 10.4. The number of nitrogens with zero attached hydrogens (tertiary/aromatic N) is 1. The third kappa shape index (κ3) is 8.67. The van der Waals surface area contributed by atoms with Gasteiger partial charge in [0.25, 0.3) is 0 Å². The molecule has 0 fully saturated rings. The minimum absolute atomic E-state index is 0.0806. The third-order valence-corrected chi connectivity index (χ3v) is 1.65. The van der Waals surface area contributed by atoms with E-state index in [1.165, 1.54) is 0 Å². The zero-order chi connectivity index (χ0) is 10.6. The molecule has 84 valence electrons. The maximum Gasteiger partial charge on any atom is 0.235 e. The topological polar surface area (TPSA) is 48.0 Å². The van der Waals surface area contributed by atoms with E-state index in [-0.39, 0.29) is 13.5 Å². The summed E-state index contributed by atoms with van der Waals surface area (Å²) < 4.78 is 11.0. The van der Waals surface area contributed by atoms with Crippen molar-refractivity contribution in [1.29, 1.82) is 0 Å². The summed E-state index contributed by atoms with van der Waals surface area (Å²) in [6.45, 7) is 3.45. The molecule has 0 saturated carbocycles. The number of hydrogen-bond donors (Lipinski definition) is 0. The summed E-state index contributed by atoms with van der Waals surface area (Å²) in [7, 11) is 0. The van der Waals surface area contributed by atoms with Gasteiger partial charge in [0.05, 0.1) is 6.61 Å². The summed E-state index contributed by atoms with van der Waals surface area (Å²) in [6, 6.07) is 0. The number of carbonyl (C=O) groups is 1. The average Bonchev–Trinajstić information content (AvgIpc) is 2.22. The van der Waals surface area contributed by atoms with Gasteiger partial charge in [-0.15, -0.1) is 0 Å². The van der Waals surface area contributed by atoms with Crippen LogP contribution in [0.25, 0.3) is 0 Å². The van der Waals surface area contributed by atoms with Crippen LogP contribution >= 0.6 is 22.6 Å². The molecule has 0 aromatic heterocycles. The van der Waals surface area contributed by atoms with Crippen LogP contribution in [-0.2, 0) is 19.1 Å². The van der Waals surface area contributed by atoms with E-state index < -0.39 is 0 Å². The molecule has 14 heavy (non-hydrogen) atoms. The van der Waals surface area contributed by atoms with Crippen LogP contribution < -0.4 is 0 Å². The SMILES string of the molecule is CCCOCN(C=O)OCOCCI. The predicted octanol–water partition coefficient (Wildman–Crippen LogP) is 1.17. The van der Waals surface area contributed by atoms with Gasteiger partial charge in [0.15, 0.2) is 6.79 Å². The number of ether oxygens (including phenoxy) is 2. The van der Waals surface area contributed by atoms with E-state index in [9.17, 15) is 4.79 Å². The molecule has 0 aliphatic carbocycles. The molecule has 0 heterocycles. The number of hydroxylamine groups is 2. The zero-order valence-corrected chi connectivity index (χ0v) is 10.4. The van der Waals surface area contributed by atoms with Gasteiger partial charge in [-0.1, -0.05) is 29.5 Å². The van der Waals surface area contributed by atoms with Crippen molar-refractivity contribution < 1.29 is 19.1 Å². The number of alkyl halides is 1. The van der Waals surface area contributed by atoms with Crippen LogP contribution in [0.1, 0.15) is 13.3 Å². The zero-order valence-electron chi connectivity index (χ0n) is 8.28. The average molecular weight is 317 g/mol. The van der Waals surface area contributed by atoms with Gasteiger partial charge in [-0.05, 0) is 6.42 Å². The fourth-order valence-electron chi connectivity index (χ4n) is 0.615. The summed E-state index contributed by atoms with van der Waals surface area (Å²) in [5, 5.41) is 1.07. The Morgan fingerprint density at radius 3 is 2.71 bits per heavy atom. The number of hydrogen-bond acceptors (Lipinski definition) is 4. The Hall–Kier alpha value is 0.0800. The Labute approximate surface area is 97.8 Å². The van der Waals surface area contributed by atoms with E-state index >= 15 is 0 Å². The first-order valence-electron chi connectivity index (χ1n) is 4.41. The summed E-state index contributed by atoms with van der Waals surface area (Å²) >= 11 is 2.19. The van der Waals surface area contributed by atoms with E-state index in [4.69, 9.17) is 14.3 Å². The third-order valence-electron chi connectivity index (χ3n) is 1.21. The first-order chi connectivity index (χ1) is 6.85. The maximum absolute atomic E-state index is 10.4. The monoisotopic (exact) mass is 317 g/mol. The summed E-state index contributed by atoms with van der Waals surface area (Å²) in [5.41, 5.74) is 0. The molecule has 0 saturated heterocycles. The molecular weight excluding hydrogens is 301 g/mol. The Balaban J connectivity index is 3.33. The molecule has 0 aromatic carbocycles. The smallest absolute Gasteiger partial charge is 0.235 e. The van der Waals surface area contributed by atoms with Crippen molar-refractivity contribution in [3.63, 3.8) is 0 Å². The fourth-order valence-corrected chi connectivity index (χ4v) is 0.927. The van der Waals surface area contributed by atoms with Gasteiger partial charge in [-0.2, -0.15) is 5.06 Å². The van der Waals surface area contributed by atoms with E-state index in [2.05, 4.69) is 22.6 Å². The molecule has 0 unspecified atom stereocenters. The molecule has 0 spiro atoms. The van der Waals surface area contributed by atoms with Crippen LogP contribution in [0.2, 0.25) is 0 Å². The molecule has 0 aliphatic heterocycles. The summed E-state index contributed by atoms with van der Waals surface area (Å²) in [5.74, 6) is 0. The Morgan fingerprint density at radius 2 is 2.14 bits per heavy atom. The Kier molecular flexibility index (Phi) is 11.2. The van der Waals surface area contributed by atoms with Crippen molar-refractivity contribution in [2.75, 3.05) is 31.2 Å². The molecule has 5 nitrogen and oxygen atoms in total. The largest absolute Gasteiger partial charge is 0.359 e. The van der Waals surface area contributed by atoms with Crippen LogP contribution in [0, 0.1) is 0 Å². The Morgan fingerprint density at radius 1 is 1.36 bits per heavy atom. The van der Waals surface area contributed by atoms with Gasteiger partial charge in [0.2, 0.25) is 6.41 Å². The highest BCUT2D eigenvalue weighted by atomic mass is 127. The first kappa shape index (κ1) is 14.1. The molecule has 6 heteroatoms. The molecule has 0 bridgehead atoms. The molecule has 1 amide bonds. The lowest BCUT2D eigenvalue weighted by Crippen LogP contribution is -2.27. The van der Waals surface area contributed by atoms with Crippen molar-refractivity contribution in [1.82, 2.24) is 5.06 Å². The van der Waals surface area contributed by atoms with Gasteiger partial charge in [-0.3, -0.25) is 4.79 Å². The molecular formula is C8H16INO4. The molecule has 0 aliphatic rings. The van der Waals surface area contributed by atoms with Gasteiger partial charge in [-0.25, -0.2) is 4.84 Å². The fraction of sp³-hybridized carbons (Fsp3) is 0.875. The summed E-state index contributed by atoms with van der Waals surface area (Å²) in [4.78, 5) is 15.4. The van der Waals surface area contributed by atoms with Crippen LogP contribution in [0.4, 0.5) is 0 Å². The molecule has 0 N–H and O–H groups in total. The standard InChI is InChI=1S/C8H16INO4/c1-2-4-12-7-10(6-11)14-8-13-5-3-9/h6H,2-5,7-8H2,1H3. The van der Waals surface area contributed by atoms with Crippen molar-refractivity contribution in [3.05, 3.63) is 0 Å². The van der Waals surface area contributed by atoms with Crippen molar-refractivity contribution in [2.45, 2.75) is 13.3 Å². The van der Waals surface area contributed by atoms with Gasteiger partial charge in [0, 0.05) is 11.0 Å². The van der Waals surface area contributed by atoms with E-state index in [1.54, 1.807) is 0 Å². The summed E-state index contributed by atoms with van der Waals surface area (Å²) in [6.07, 6.45) is 1.49. The molecule has 0 rings (SSSR count). The van der Waals surface area contributed by atoms with Crippen LogP contribution in [0.15, 0.2) is 0 Å². The number of carbonyl (C=O) groups excluding carboxylic acids is 1. The van der Waals surface area contributed by atoms with E-state index in [1.807, 2.05) is 6.92 Å². The number of halogens is 1. The second kappa shape index (κ2) is 11.2. The van der Waals surface area contributed by atoms with Crippen molar-refractivity contribution in [2.24, 2.45) is 0 Å². The number of rotatable bonds is 10. The second-order valence-corrected chi connectivity index (χ2v) is 3.48. The molecule has 0 atom stereocenters. The molecule has 0 radical (unpaired) electrons. The minimum atomic E-state index is 0.0806. The molecule has 0 aromatic rings. The normalized spacial score (nSPS) is 10.1.